The second-order valence-electron chi connectivity index (χ2n) is 5.02. The lowest BCUT2D eigenvalue weighted by atomic mass is 10.3. The highest BCUT2D eigenvalue weighted by Gasteiger charge is 2.30. The molecule has 2 aromatic carbocycles. The standard InChI is InChI=1S/C16H15ClN2O6S/c1-2-25-16(20)11-18(26(23,24)13-6-4-3-5-7-13)15-10-12(19(21)22)8-9-14(15)17/h3-10H,2,11H2,1H3. The summed E-state index contributed by atoms with van der Waals surface area (Å²) in [5.74, 6) is -0.811. The van der Waals surface area contributed by atoms with E-state index in [9.17, 15) is 23.3 Å². The number of halogens is 1. The van der Waals surface area contributed by atoms with Crippen LogP contribution in [0.4, 0.5) is 11.4 Å². The lowest BCUT2D eigenvalue weighted by molar-refractivity contribution is -0.384. The van der Waals surface area contributed by atoms with Gasteiger partial charge < -0.3 is 4.74 Å². The molecule has 0 N–H and O–H groups in total. The van der Waals surface area contributed by atoms with Gasteiger partial charge in [0.1, 0.15) is 6.54 Å². The van der Waals surface area contributed by atoms with Crippen molar-refractivity contribution in [1.82, 2.24) is 0 Å². The number of nitro benzene ring substituents is 1. The summed E-state index contributed by atoms with van der Waals surface area (Å²) >= 11 is 6.07. The summed E-state index contributed by atoms with van der Waals surface area (Å²) in [5.41, 5.74) is -0.542. The van der Waals surface area contributed by atoms with Crippen molar-refractivity contribution in [3.63, 3.8) is 0 Å². The third kappa shape index (κ3) is 4.30. The van der Waals surface area contributed by atoms with Gasteiger partial charge in [-0.1, -0.05) is 29.8 Å². The van der Waals surface area contributed by atoms with Gasteiger partial charge in [0.25, 0.3) is 15.7 Å². The molecule has 2 rings (SSSR count). The molecule has 0 aliphatic carbocycles. The quantitative estimate of drug-likeness (QED) is 0.403. The number of anilines is 1. The van der Waals surface area contributed by atoms with E-state index < -0.39 is 27.5 Å². The van der Waals surface area contributed by atoms with Crippen LogP contribution in [0.15, 0.2) is 53.4 Å². The number of hydrogen-bond donors (Lipinski definition) is 0. The zero-order valence-electron chi connectivity index (χ0n) is 13.7. The van der Waals surface area contributed by atoms with Crippen LogP contribution >= 0.6 is 11.6 Å². The van der Waals surface area contributed by atoms with E-state index in [1.54, 1.807) is 13.0 Å². The van der Waals surface area contributed by atoms with Gasteiger partial charge in [-0.3, -0.25) is 19.2 Å². The molecule has 0 aliphatic heterocycles. The molecule has 0 fully saturated rings. The molecule has 0 unspecified atom stereocenters. The van der Waals surface area contributed by atoms with Crippen molar-refractivity contribution in [2.45, 2.75) is 11.8 Å². The van der Waals surface area contributed by atoms with Crippen LogP contribution in [-0.4, -0.2) is 32.5 Å². The normalized spacial score (nSPS) is 11.0. The monoisotopic (exact) mass is 398 g/mol. The van der Waals surface area contributed by atoms with Crippen molar-refractivity contribution in [2.75, 3.05) is 17.5 Å². The maximum absolute atomic E-state index is 13.0. The Hall–Kier alpha value is -2.65. The molecule has 0 spiro atoms. The van der Waals surface area contributed by atoms with E-state index in [0.29, 0.717) is 4.31 Å². The molecule has 138 valence electrons. The van der Waals surface area contributed by atoms with E-state index >= 15 is 0 Å². The Bertz CT molecular complexity index is 918. The Balaban J connectivity index is 2.60. The summed E-state index contributed by atoms with van der Waals surface area (Å²) < 4.78 is 31.5. The van der Waals surface area contributed by atoms with Crippen molar-refractivity contribution < 1.29 is 22.9 Å². The van der Waals surface area contributed by atoms with Gasteiger partial charge in [0.2, 0.25) is 0 Å². The predicted molar refractivity (Wildman–Crippen MR) is 95.7 cm³/mol. The van der Waals surface area contributed by atoms with Crippen LogP contribution in [0.2, 0.25) is 5.02 Å². The molecule has 0 aliphatic rings. The Kier molecular flexibility index (Phi) is 6.17. The van der Waals surface area contributed by atoms with Gasteiger partial charge in [-0.05, 0) is 25.1 Å². The second-order valence-corrected chi connectivity index (χ2v) is 7.29. The number of carbonyl (C=O) groups excluding carboxylic acids is 1. The maximum Gasteiger partial charge on any atom is 0.326 e. The number of nitro groups is 1. The lowest BCUT2D eigenvalue weighted by Gasteiger charge is -2.24. The number of rotatable bonds is 7. The van der Waals surface area contributed by atoms with Crippen molar-refractivity contribution in [1.29, 1.82) is 0 Å². The molecular formula is C16H15ClN2O6S. The van der Waals surface area contributed by atoms with Gasteiger partial charge in [0.15, 0.2) is 0 Å². The summed E-state index contributed by atoms with van der Waals surface area (Å²) in [7, 11) is -4.21. The van der Waals surface area contributed by atoms with Crippen molar-refractivity contribution in [2.24, 2.45) is 0 Å². The minimum absolute atomic E-state index is 0.0561. The maximum atomic E-state index is 13.0. The molecule has 26 heavy (non-hydrogen) atoms. The first-order valence-electron chi connectivity index (χ1n) is 7.44. The van der Waals surface area contributed by atoms with Gasteiger partial charge >= 0.3 is 5.97 Å². The van der Waals surface area contributed by atoms with E-state index in [4.69, 9.17) is 16.3 Å². The highest BCUT2D eigenvalue weighted by atomic mass is 35.5. The molecule has 0 saturated carbocycles. The number of non-ortho nitro benzene ring substituents is 1. The van der Waals surface area contributed by atoms with Gasteiger partial charge in [-0.15, -0.1) is 0 Å². The van der Waals surface area contributed by atoms with Crippen LogP contribution in [0.1, 0.15) is 6.92 Å². The van der Waals surface area contributed by atoms with E-state index in [2.05, 4.69) is 0 Å². The molecule has 8 nitrogen and oxygen atoms in total. The van der Waals surface area contributed by atoms with Crippen molar-refractivity contribution in [3.05, 3.63) is 63.7 Å². The summed E-state index contributed by atoms with van der Waals surface area (Å²) in [6.45, 7) is 0.959. The van der Waals surface area contributed by atoms with Gasteiger partial charge in [-0.2, -0.15) is 0 Å². The molecule has 0 radical (unpaired) electrons. The molecular weight excluding hydrogens is 384 g/mol. The zero-order valence-corrected chi connectivity index (χ0v) is 15.2. The van der Waals surface area contributed by atoms with Gasteiger partial charge in [0, 0.05) is 12.1 Å². The smallest absolute Gasteiger partial charge is 0.326 e. The fraction of sp³-hybridized carbons (Fsp3) is 0.188. The van der Waals surface area contributed by atoms with E-state index in [-0.39, 0.29) is 27.9 Å². The SMILES string of the molecule is CCOC(=O)CN(c1cc([N+](=O)[O-])ccc1Cl)S(=O)(=O)c1ccccc1. The largest absolute Gasteiger partial charge is 0.465 e. The van der Waals surface area contributed by atoms with Crippen LogP contribution in [0, 0.1) is 10.1 Å². The van der Waals surface area contributed by atoms with Gasteiger partial charge in [0.05, 0.1) is 27.1 Å². The van der Waals surface area contributed by atoms with E-state index in [1.165, 1.54) is 30.3 Å². The van der Waals surface area contributed by atoms with E-state index in [0.717, 1.165) is 12.1 Å². The highest BCUT2D eigenvalue weighted by molar-refractivity contribution is 7.92. The number of benzene rings is 2. The van der Waals surface area contributed by atoms with Gasteiger partial charge in [-0.25, -0.2) is 8.42 Å². The average Bonchev–Trinajstić information content (AvgIpc) is 2.61. The molecule has 0 saturated heterocycles. The van der Waals surface area contributed by atoms with E-state index in [1.807, 2.05) is 0 Å². The molecule has 0 amide bonds. The van der Waals surface area contributed by atoms with Crippen LogP contribution in [0.3, 0.4) is 0 Å². The predicted octanol–water partition coefficient (Wildman–Crippen LogP) is 3.01. The third-order valence-electron chi connectivity index (χ3n) is 3.32. The number of esters is 1. The minimum Gasteiger partial charge on any atom is -0.465 e. The number of carbonyl (C=O) groups is 1. The first-order chi connectivity index (χ1) is 12.3. The summed E-state index contributed by atoms with van der Waals surface area (Å²) in [6.07, 6.45) is 0. The lowest BCUT2D eigenvalue weighted by Crippen LogP contribution is -2.36. The second kappa shape index (κ2) is 8.15. The van der Waals surface area contributed by atoms with Crippen molar-refractivity contribution >= 4 is 39.0 Å². The molecule has 0 atom stereocenters. The topological polar surface area (TPSA) is 107 Å². The first-order valence-corrected chi connectivity index (χ1v) is 9.26. The fourth-order valence-electron chi connectivity index (χ4n) is 2.15. The molecule has 2 aromatic rings. The Morgan fingerprint density at radius 1 is 1.23 bits per heavy atom. The first kappa shape index (κ1) is 19.7. The molecule has 0 aromatic heterocycles. The average molecular weight is 399 g/mol. The number of sulfonamides is 1. The summed E-state index contributed by atoms with van der Waals surface area (Å²) in [6, 6.07) is 10.7. The fourth-order valence-corrected chi connectivity index (χ4v) is 3.86. The third-order valence-corrected chi connectivity index (χ3v) is 5.41. The van der Waals surface area contributed by atoms with Crippen LogP contribution in [0.5, 0.6) is 0 Å². The summed E-state index contributed by atoms with van der Waals surface area (Å²) in [5, 5.41) is 11.0. The Morgan fingerprint density at radius 3 is 2.46 bits per heavy atom. The van der Waals surface area contributed by atoms with Crippen LogP contribution < -0.4 is 4.31 Å². The number of ether oxygens (including phenoxy) is 1. The van der Waals surface area contributed by atoms with Crippen molar-refractivity contribution in [3.8, 4) is 0 Å². The number of hydrogen-bond acceptors (Lipinski definition) is 6. The molecule has 0 bridgehead atoms. The Morgan fingerprint density at radius 2 is 1.88 bits per heavy atom. The minimum atomic E-state index is -4.21. The highest BCUT2D eigenvalue weighted by Crippen LogP contribution is 2.33. The van der Waals surface area contributed by atoms with Crippen LogP contribution in [0.25, 0.3) is 0 Å². The molecule has 0 heterocycles. The number of nitrogens with zero attached hydrogens (tertiary/aromatic N) is 2. The van der Waals surface area contributed by atoms with Crippen LogP contribution in [-0.2, 0) is 19.6 Å². The zero-order chi connectivity index (χ0) is 19.3. The Labute approximate surface area is 155 Å². The molecule has 10 heteroatoms. The summed E-state index contributed by atoms with van der Waals surface area (Å²) in [4.78, 5) is 22.2.